The summed E-state index contributed by atoms with van der Waals surface area (Å²) in [7, 11) is 0. The van der Waals surface area contributed by atoms with Crippen LogP contribution in [0.2, 0.25) is 0 Å². The van der Waals surface area contributed by atoms with Gasteiger partial charge in [-0.2, -0.15) is 0 Å². The Morgan fingerprint density at radius 1 is 1.40 bits per heavy atom. The molecule has 0 aromatic heterocycles. The van der Waals surface area contributed by atoms with E-state index in [4.69, 9.17) is 6.42 Å². The molecule has 0 radical (unpaired) electrons. The fraction of sp³-hybridized carbons (Fsp3) is 0.857. The first-order valence-electron chi connectivity index (χ1n) is 6.23. The maximum atomic E-state index is 5.32. The molecule has 1 aliphatic rings. The van der Waals surface area contributed by atoms with Crippen molar-refractivity contribution in [1.29, 1.82) is 0 Å². The van der Waals surface area contributed by atoms with E-state index < -0.39 is 0 Å². The van der Waals surface area contributed by atoms with Gasteiger partial charge in [-0.3, -0.25) is 0 Å². The molecule has 0 saturated heterocycles. The molecule has 2 atom stereocenters. The van der Waals surface area contributed by atoms with E-state index in [0.717, 1.165) is 6.42 Å². The molecule has 0 heterocycles. The fourth-order valence-corrected chi connectivity index (χ4v) is 2.47. The smallest absolute Gasteiger partial charge is 0.0238 e. The zero-order valence-corrected chi connectivity index (χ0v) is 10.5. The van der Waals surface area contributed by atoms with Gasteiger partial charge in [0.25, 0.3) is 0 Å². The largest absolute Gasteiger partial charge is 0.311 e. The van der Waals surface area contributed by atoms with Crippen LogP contribution < -0.4 is 5.32 Å². The van der Waals surface area contributed by atoms with Gasteiger partial charge in [-0.15, -0.1) is 12.3 Å². The summed E-state index contributed by atoms with van der Waals surface area (Å²) in [6.07, 6.45) is 12.9. The quantitative estimate of drug-likeness (QED) is 0.553. The van der Waals surface area contributed by atoms with Crippen LogP contribution in [0.25, 0.3) is 0 Å². The first kappa shape index (κ1) is 12.6. The van der Waals surface area contributed by atoms with Gasteiger partial charge in [0.15, 0.2) is 0 Å². The van der Waals surface area contributed by atoms with Crippen molar-refractivity contribution >= 4 is 0 Å². The molecule has 2 unspecified atom stereocenters. The lowest BCUT2D eigenvalue weighted by molar-refractivity contribution is 0.307. The maximum Gasteiger partial charge on any atom is 0.0238 e. The molecule has 1 fully saturated rings. The Morgan fingerprint density at radius 3 is 2.80 bits per heavy atom. The zero-order valence-electron chi connectivity index (χ0n) is 10.5. The van der Waals surface area contributed by atoms with Crippen LogP contribution in [0.5, 0.6) is 0 Å². The highest BCUT2D eigenvalue weighted by atomic mass is 14.9. The lowest BCUT2D eigenvalue weighted by Crippen LogP contribution is -2.36. The number of terminal acetylenes is 1. The Balaban J connectivity index is 2.35. The predicted octanol–water partition coefficient (Wildman–Crippen LogP) is 3.35. The average Bonchev–Trinajstić information content (AvgIpc) is 2.28. The molecule has 0 bridgehead atoms. The molecule has 0 spiro atoms. The van der Waals surface area contributed by atoms with E-state index in [-0.39, 0.29) is 0 Å². The van der Waals surface area contributed by atoms with Crippen molar-refractivity contribution in [1.82, 2.24) is 5.32 Å². The van der Waals surface area contributed by atoms with Crippen molar-refractivity contribution in [3.05, 3.63) is 0 Å². The normalized spacial score (nSPS) is 27.7. The van der Waals surface area contributed by atoms with Crippen LogP contribution in [0.4, 0.5) is 0 Å². The van der Waals surface area contributed by atoms with E-state index in [1.54, 1.807) is 0 Å². The number of hydrogen-bond acceptors (Lipinski definition) is 1. The van der Waals surface area contributed by atoms with E-state index in [1.807, 2.05) is 0 Å². The third-order valence-corrected chi connectivity index (χ3v) is 3.52. The van der Waals surface area contributed by atoms with Crippen molar-refractivity contribution in [2.24, 2.45) is 5.41 Å². The van der Waals surface area contributed by atoms with Crippen LogP contribution >= 0.6 is 0 Å². The summed E-state index contributed by atoms with van der Waals surface area (Å²) in [6, 6.07) is 1.16. The van der Waals surface area contributed by atoms with Crippen molar-refractivity contribution in [3.63, 3.8) is 0 Å². The molecule has 1 saturated carbocycles. The highest BCUT2D eigenvalue weighted by Gasteiger charge is 2.24. The Morgan fingerprint density at radius 2 is 2.13 bits per heavy atom. The van der Waals surface area contributed by atoms with Crippen LogP contribution in [-0.4, -0.2) is 12.1 Å². The van der Waals surface area contributed by atoms with Gasteiger partial charge >= 0.3 is 0 Å². The molecule has 1 aliphatic carbocycles. The Labute approximate surface area is 95.0 Å². The average molecular weight is 207 g/mol. The maximum absolute atomic E-state index is 5.32. The predicted molar refractivity (Wildman–Crippen MR) is 66.7 cm³/mol. The molecule has 1 rings (SSSR count). The molecule has 0 aromatic carbocycles. The molecule has 1 nitrogen and oxygen atoms in total. The topological polar surface area (TPSA) is 12.0 Å². The minimum Gasteiger partial charge on any atom is -0.311 e. The first-order valence-corrected chi connectivity index (χ1v) is 6.23. The van der Waals surface area contributed by atoms with Crippen molar-refractivity contribution in [2.45, 2.75) is 71.4 Å². The van der Waals surface area contributed by atoms with Gasteiger partial charge in [0.05, 0.1) is 0 Å². The molecule has 1 N–H and O–H groups in total. The van der Waals surface area contributed by atoms with Crippen LogP contribution in [0.3, 0.4) is 0 Å². The Kier molecular flexibility index (Phi) is 4.67. The molecule has 0 amide bonds. The molecule has 0 aliphatic heterocycles. The van der Waals surface area contributed by atoms with Gasteiger partial charge in [-0.05, 0) is 38.0 Å². The van der Waals surface area contributed by atoms with E-state index in [1.165, 1.54) is 32.1 Å². The third kappa shape index (κ3) is 4.71. The Hall–Kier alpha value is -0.480. The molecule has 0 aromatic rings. The van der Waals surface area contributed by atoms with Gasteiger partial charge < -0.3 is 5.32 Å². The summed E-state index contributed by atoms with van der Waals surface area (Å²) in [5, 5.41) is 3.66. The molecular formula is C14H25N. The van der Waals surface area contributed by atoms with Gasteiger partial charge in [0, 0.05) is 18.5 Å². The summed E-state index contributed by atoms with van der Waals surface area (Å²) >= 11 is 0. The zero-order chi connectivity index (χ0) is 11.3. The second-order valence-corrected chi connectivity index (χ2v) is 5.77. The molecular weight excluding hydrogens is 182 g/mol. The van der Waals surface area contributed by atoms with E-state index in [0.29, 0.717) is 17.5 Å². The number of hydrogen-bond donors (Lipinski definition) is 1. The summed E-state index contributed by atoms with van der Waals surface area (Å²) in [5.41, 5.74) is 0.547. The second-order valence-electron chi connectivity index (χ2n) is 5.77. The highest BCUT2D eigenvalue weighted by molar-refractivity contribution is 4.90. The summed E-state index contributed by atoms with van der Waals surface area (Å²) < 4.78 is 0. The van der Waals surface area contributed by atoms with Gasteiger partial charge in [-0.1, -0.05) is 20.3 Å². The minimum absolute atomic E-state index is 0.473. The fourth-order valence-electron chi connectivity index (χ4n) is 2.47. The SMILES string of the molecule is C#CCC(C)NC1CCCC(C)(C)CC1. The van der Waals surface area contributed by atoms with Crippen LogP contribution in [0, 0.1) is 17.8 Å². The lowest BCUT2D eigenvalue weighted by atomic mass is 9.85. The monoisotopic (exact) mass is 207 g/mol. The number of nitrogens with one attached hydrogen (secondary N) is 1. The standard InChI is InChI=1S/C14H25N/c1-5-7-12(2)15-13-8-6-10-14(3,4)11-9-13/h1,12-13,15H,6-11H2,2-4H3. The van der Waals surface area contributed by atoms with Gasteiger partial charge in [0.2, 0.25) is 0 Å². The third-order valence-electron chi connectivity index (χ3n) is 3.52. The summed E-state index contributed by atoms with van der Waals surface area (Å²) in [5.74, 6) is 2.73. The molecule has 86 valence electrons. The second kappa shape index (κ2) is 5.56. The summed E-state index contributed by atoms with van der Waals surface area (Å²) in [6.45, 7) is 6.97. The first-order chi connectivity index (χ1) is 7.03. The molecule has 1 heteroatoms. The van der Waals surface area contributed by atoms with Crippen molar-refractivity contribution in [3.8, 4) is 12.3 Å². The Bertz CT molecular complexity index is 224. The van der Waals surface area contributed by atoms with Crippen LogP contribution in [-0.2, 0) is 0 Å². The lowest BCUT2D eigenvalue weighted by Gasteiger charge is -2.23. The van der Waals surface area contributed by atoms with E-state index in [2.05, 4.69) is 32.0 Å². The van der Waals surface area contributed by atoms with Crippen molar-refractivity contribution in [2.75, 3.05) is 0 Å². The van der Waals surface area contributed by atoms with Crippen LogP contribution in [0.15, 0.2) is 0 Å². The molecule has 15 heavy (non-hydrogen) atoms. The van der Waals surface area contributed by atoms with Crippen LogP contribution in [0.1, 0.15) is 59.3 Å². The summed E-state index contributed by atoms with van der Waals surface area (Å²) in [4.78, 5) is 0. The van der Waals surface area contributed by atoms with Gasteiger partial charge in [0.1, 0.15) is 0 Å². The highest BCUT2D eigenvalue weighted by Crippen LogP contribution is 2.33. The van der Waals surface area contributed by atoms with Gasteiger partial charge in [-0.25, -0.2) is 0 Å². The number of rotatable bonds is 3. The minimum atomic E-state index is 0.473. The van der Waals surface area contributed by atoms with E-state index >= 15 is 0 Å². The van der Waals surface area contributed by atoms with E-state index in [9.17, 15) is 0 Å². The van der Waals surface area contributed by atoms with Crippen molar-refractivity contribution < 1.29 is 0 Å².